The number of hydrogen-bond donors (Lipinski definition) is 1. The first-order valence-corrected chi connectivity index (χ1v) is 3.84. The molecular formula is C10H5F2NO2. The molecular weight excluding hydrogens is 204 g/mol. The van der Waals surface area contributed by atoms with Crippen molar-refractivity contribution in [2.24, 2.45) is 0 Å². The lowest BCUT2D eigenvalue weighted by molar-refractivity contribution is 0.0691. The molecule has 15 heavy (non-hydrogen) atoms. The Morgan fingerprint density at radius 1 is 1.40 bits per heavy atom. The molecule has 0 saturated heterocycles. The van der Waals surface area contributed by atoms with E-state index in [1.54, 1.807) is 6.07 Å². The Balaban J connectivity index is 3.26. The summed E-state index contributed by atoms with van der Waals surface area (Å²) in [5.41, 5.74) is -0.902. The first-order chi connectivity index (χ1) is 7.06. The Kier molecular flexibility index (Phi) is 3.13. The Morgan fingerprint density at radius 3 is 2.60 bits per heavy atom. The van der Waals surface area contributed by atoms with Gasteiger partial charge in [0, 0.05) is 11.6 Å². The molecule has 76 valence electrons. The van der Waals surface area contributed by atoms with Crippen LogP contribution in [-0.2, 0) is 0 Å². The molecule has 1 aromatic carbocycles. The van der Waals surface area contributed by atoms with Gasteiger partial charge in [0.15, 0.2) is 0 Å². The fourth-order valence-electron chi connectivity index (χ4n) is 0.981. The van der Waals surface area contributed by atoms with Gasteiger partial charge in [-0.1, -0.05) is 0 Å². The van der Waals surface area contributed by atoms with Gasteiger partial charge in [0.2, 0.25) is 0 Å². The number of nitrogens with zero attached hydrogens (tertiary/aromatic N) is 1. The third-order valence-electron chi connectivity index (χ3n) is 1.65. The van der Waals surface area contributed by atoms with Crippen molar-refractivity contribution in [2.45, 2.75) is 0 Å². The van der Waals surface area contributed by atoms with Crippen molar-refractivity contribution in [3.05, 3.63) is 41.0 Å². The Labute approximate surface area is 83.9 Å². The van der Waals surface area contributed by atoms with Crippen LogP contribution in [0.2, 0.25) is 0 Å². The first kappa shape index (κ1) is 10.9. The molecule has 5 heteroatoms. The molecule has 0 bridgehead atoms. The largest absolute Gasteiger partial charge is 0.478 e. The minimum Gasteiger partial charge on any atom is -0.478 e. The number of rotatable bonds is 2. The van der Waals surface area contributed by atoms with E-state index in [0.29, 0.717) is 6.07 Å². The van der Waals surface area contributed by atoms with Crippen LogP contribution in [0.5, 0.6) is 0 Å². The molecule has 0 aliphatic carbocycles. The maximum atomic E-state index is 13.1. The minimum absolute atomic E-state index is 0.168. The second-order valence-electron chi connectivity index (χ2n) is 2.62. The van der Waals surface area contributed by atoms with E-state index in [1.165, 1.54) is 0 Å². The molecule has 3 nitrogen and oxygen atoms in total. The van der Waals surface area contributed by atoms with Crippen LogP contribution in [-0.4, -0.2) is 11.1 Å². The van der Waals surface area contributed by atoms with E-state index in [4.69, 9.17) is 10.4 Å². The Morgan fingerprint density at radius 2 is 2.07 bits per heavy atom. The van der Waals surface area contributed by atoms with Crippen LogP contribution in [0.15, 0.2) is 18.2 Å². The first-order valence-electron chi connectivity index (χ1n) is 3.84. The van der Waals surface area contributed by atoms with Gasteiger partial charge in [-0.3, -0.25) is 0 Å². The van der Waals surface area contributed by atoms with Crippen LogP contribution >= 0.6 is 0 Å². The molecule has 0 atom stereocenters. The SMILES string of the molecule is N#CC=Cc1cc(F)c(C(=O)O)cc1F. The lowest BCUT2D eigenvalue weighted by atomic mass is 10.1. The quantitative estimate of drug-likeness (QED) is 0.759. The molecule has 0 heterocycles. The van der Waals surface area contributed by atoms with Crippen molar-refractivity contribution in [3.8, 4) is 6.07 Å². The number of carboxylic acid groups (broad SMARTS) is 1. The summed E-state index contributed by atoms with van der Waals surface area (Å²) < 4.78 is 26.2. The summed E-state index contributed by atoms with van der Waals surface area (Å²) in [5, 5.41) is 16.7. The van der Waals surface area contributed by atoms with Gasteiger partial charge in [0.05, 0.1) is 11.6 Å². The van der Waals surface area contributed by atoms with E-state index in [0.717, 1.165) is 18.2 Å². The maximum Gasteiger partial charge on any atom is 0.338 e. The zero-order valence-electron chi connectivity index (χ0n) is 7.37. The summed E-state index contributed by atoms with van der Waals surface area (Å²) in [7, 11) is 0. The lowest BCUT2D eigenvalue weighted by Gasteiger charge is -2.00. The van der Waals surface area contributed by atoms with E-state index in [-0.39, 0.29) is 5.56 Å². The molecule has 1 rings (SSSR count). The van der Waals surface area contributed by atoms with Crippen LogP contribution in [0.4, 0.5) is 8.78 Å². The highest BCUT2D eigenvalue weighted by molar-refractivity contribution is 5.88. The lowest BCUT2D eigenvalue weighted by Crippen LogP contribution is -2.02. The van der Waals surface area contributed by atoms with E-state index in [1.807, 2.05) is 0 Å². The highest BCUT2D eigenvalue weighted by atomic mass is 19.1. The standard InChI is InChI=1S/C10H5F2NO2/c11-8-5-7(10(14)15)9(12)4-6(8)2-1-3-13/h1-2,4-5H,(H,14,15). The van der Waals surface area contributed by atoms with Gasteiger partial charge in [-0.25, -0.2) is 13.6 Å². The van der Waals surface area contributed by atoms with Crippen molar-refractivity contribution in [2.75, 3.05) is 0 Å². The molecule has 0 amide bonds. The zero-order valence-corrected chi connectivity index (χ0v) is 7.37. The van der Waals surface area contributed by atoms with Gasteiger partial charge in [-0.2, -0.15) is 5.26 Å². The average molecular weight is 209 g/mol. The fraction of sp³-hybridized carbons (Fsp3) is 0. The van der Waals surface area contributed by atoms with Crippen LogP contribution in [0.3, 0.4) is 0 Å². The number of nitriles is 1. The van der Waals surface area contributed by atoms with E-state index in [9.17, 15) is 13.6 Å². The Bertz CT molecular complexity index is 475. The molecule has 1 N–H and O–H groups in total. The van der Waals surface area contributed by atoms with Gasteiger partial charge in [0.1, 0.15) is 11.6 Å². The summed E-state index contributed by atoms with van der Waals surface area (Å²) in [6, 6.07) is 2.92. The van der Waals surface area contributed by atoms with Crippen molar-refractivity contribution in [3.63, 3.8) is 0 Å². The molecule has 0 aromatic heterocycles. The molecule has 0 aliphatic heterocycles. The molecule has 0 radical (unpaired) electrons. The monoisotopic (exact) mass is 209 g/mol. The number of allylic oxidation sites excluding steroid dienone is 1. The molecule has 0 spiro atoms. The van der Waals surface area contributed by atoms with Gasteiger partial charge < -0.3 is 5.11 Å². The van der Waals surface area contributed by atoms with Gasteiger partial charge in [-0.15, -0.1) is 0 Å². The van der Waals surface area contributed by atoms with Crippen molar-refractivity contribution in [1.82, 2.24) is 0 Å². The molecule has 1 aromatic rings. The third-order valence-corrected chi connectivity index (χ3v) is 1.65. The van der Waals surface area contributed by atoms with Crippen molar-refractivity contribution >= 4 is 12.0 Å². The van der Waals surface area contributed by atoms with Crippen LogP contribution < -0.4 is 0 Å². The average Bonchev–Trinajstić information content (AvgIpc) is 2.18. The van der Waals surface area contributed by atoms with E-state index >= 15 is 0 Å². The third kappa shape index (κ3) is 2.38. The van der Waals surface area contributed by atoms with Crippen LogP contribution in [0.1, 0.15) is 15.9 Å². The number of carboxylic acids is 1. The molecule has 0 unspecified atom stereocenters. The number of halogens is 2. The summed E-state index contributed by atoms with van der Waals surface area (Å²) in [4.78, 5) is 10.4. The molecule has 0 aliphatic rings. The summed E-state index contributed by atoms with van der Waals surface area (Å²) >= 11 is 0. The smallest absolute Gasteiger partial charge is 0.338 e. The van der Waals surface area contributed by atoms with Gasteiger partial charge >= 0.3 is 5.97 Å². The van der Waals surface area contributed by atoms with Crippen LogP contribution in [0.25, 0.3) is 6.08 Å². The summed E-state index contributed by atoms with van der Waals surface area (Å²) in [6.45, 7) is 0. The minimum atomic E-state index is -1.54. The highest BCUT2D eigenvalue weighted by Gasteiger charge is 2.13. The summed E-state index contributed by atoms with van der Waals surface area (Å²) in [5.74, 6) is -3.47. The predicted molar refractivity (Wildman–Crippen MR) is 48.0 cm³/mol. The van der Waals surface area contributed by atoms with E-state index < -0.39 is 23.2 Å². The second kappa shape index (κ2) is 4.33. The highest BCUT2D eigenvalue weighted by Crippen LogP contribution is 2.16. The van der Waals surface area contributed by atoms with E-state index in [2.05, 4.69) is 0 Å². The second-order valence-corrected chi connectivity index (χ2v) is 2.62. The summed E-state index contributed by atoms with van der Waals surface area (Å²) in [6.07, 6.45) is 2.03. The topological polar surface area (TPSA) is 61.1 Å². The van der Waals surface area contributed by atoms with Gasteiger partial charge in [0.25, 0.3) is 0 Å². The number of hydrogen-bond acceptors (Lipinski definition) is 2. The van der Waals surface area contributed by atoms with Crippen molar-refractivity contribution < 1.29 is 18.7 Å². The van der Waals surface area contributed by atoms with Crippen LogP contribution in [0, 0.1) is 23.0 Å². The zero-order chi connectivity index (χ0) is 11.4. The number of aromatic carboxylic acids is 1. The van der Waals surface area contributed by atoms with Crippen molar-refractivity contribution in [1.29, 1.82) is 5.26 Å². The fourth-order valence-corrected chi connectivity index (χ4v) is 0.981. The maximum absolute atomic E-state index is 13.1. The number of benzene rings is 1. The predicted octanol–water partition coefficient (Wildman–Crippen LogP) is 2.20. The Hall–Kier alpha value is -2.22. The normalized spacial score (nSPS) is 10.2. The molecule has 0 saturated carbocycles. The number of carbonyl (C=O) groups is 1. The molecule has 0 fully saturated rings. The van der Waals surface area contributed by atoms with Gasteiger partial charge in [-0.05, 0) is 18.2 Å².